The minimum absolute atomic E-state index is 0.0732. The number of rotatable bonds is 5. The van der Waals surface area contributed by atoms with Gasteiger partial charge < -0.3 is 9.88 Å². The van der Waals surface area contributed by atoms with Crippen molar-refractivity contribution >= 4 is 11.7 Å². The van der Waals surface area contributed by atoms with Crippen molar-refractivity contribution in [3.8, 4) is 0 Å². The molecule has 0 spiro atoms. The zero-order valence-corrected chi connectivity index (χ0v) is 13.8. The molecule has 0 fully saturated rings. The Hall–Kier alpha value is -3.16. The van der Waals surface area contributed by atoms with Crippen LogP contribution in [0.2, 0.25) is 0 Å². The maximum absolute atomic E-state index is 13.3. The standard InChI is InChI=1S/C18H15F3N4O/c1-2-13-4-3-12(7-22-13)18(26)24-16-9-25(10-23-16)8-11-5-14(19)17(21)15(20)6-11/h3-7,9-10H,2,8H2,1H3,(H,24,26). The molecule has 0 bridgehead atoms. The van der Waals surface area contributed by atoms with Crippen LogP contribution in [0, 0.1) is 17.5 Å². The van der Waals surface area contributed by atoms with Crippen molar-refractivity contribution in [2.24, 2.45) is 0 Å². The molecule has 5 nitrogen and oxygen atoms in total. The number of nitrogens with zero attached hydrogens (tertiary/aromatic N) is 3. The summed E-state index contributed by atoms with van der Waals surface area (Å²) < 4.78 is 41.0. The Bertz CT molecular complexity index is 915. The highest BCUT2D eigenvalue weighted by Crippen LogP contribution is 2.15. The van der Waals surface area contributed by atoms with Gasteiger partial charge in [-0.15, -0.1) is 0 Å². The molecule has 134 valence electrons. The number of aryl methyl sites for hydroxylation is 1. The van der Waals surface area contributed by atoms with Gasteiger partial charge in [-0.25, -0.2) is 18.2 Å². The number of aromatic nitrogens is 3. The Morgan fingerprint density at radius 1 is 1.15 bits per heavy atom. The first-order chi connectivity index (χ1) is 12.5. The Morgan fingerprint density at radius 2 is 1.88 bits per heavy atom. The number of hydrogen-bond acceptors (Lipinski definition) is 3. The third-order valence-electron chi connectivity index (χ3n) is 3.73. The van der Waals surface area contributed by atoms with Crippen molar-refractivity contribution in [2.45, 2.75) is 19.9 Å². The fourth-order valence-electron chi connectivity index (χ4n) is 2.38. The largest absolute Gasteiger partial charge is 0.331 e. The number of carbonyl (C=O) groups excluding carboxylic acids is 1. The third-order valence-corrected chi connectivity index (χ3v) is 3.73. The van der Waals surface area contributed by atoms with Gasteiger partial charge in [-0.2, -0.15) is 0 Å². The molecule has 0 aliphatic carbocycles. The van der Waals surface area contributed by atoms with Gasteiger partial charge in [0.1, 0.15) is 0 Å². The average molecular weight is 360 g/mol. The smallest absolute Gasteiger partial charge is 0.258 e. The van der Waals surface area contributed by atoms with E-state index in [2.05, 4.69) is 15.3 Å². The Kier molecular flexibility index (Phi) is 5.01. The molecule has 0 aliphatic rings. The molecular formula is C18H15F3N4O. The third kappa shape index (κ3) is 3.90. The summed E-state index contributed by atoms with van der Waals surface area (Å²) in [7, 11) is 0. The maximum Gasteiger partial charge on any atom is 0.258 e. The number of pyridine rings is 1. The molecule has 0 radical (unpaired) electrons. The van der Waals surface area contributed by atoms with Crippen LogP contribution in [0.4, 0.5) is 19.0 Å². The molecular weight excluding hydrogens is 345 g/mol. The summed E-state index contributed by atoms with van der Waals surface area (Å²) in [6, 6.07) is 5.27. The van der Waals surface area contributed by atoms with Gasteiger partial charge >= 0.3 is 0 Å². The molecule has 0 unspecified atom stereocenters. The summed E-state index contributed by atoms with van der Waals surface area (Å²) in [5, 5.41) is 2.61. The van der Waals surface area contributed by atoms with E-state index < -0.39 is 17.5 Å². The summed E-state index contributed by atoms with van der Waals surface area (Å²) >= 11 is 0. The zero-order valence-electron chi connectivity index (χ0n) is 13.8. The van der Waals surface area contributed by atoms with Crippen LogP contribution in [-0.4, -0.2) is 20.4 Å². The van der Waals surface area contributed by atoms with Crippen molar-refractivity contribution in [3.63, 3.8) is 0 Å². The Labute approximate surface area is 147 Å². The van der Waals surface area contributed by atoms with Gasteiger partial charge in [-0.05, 0) is 36.2 Å². The van der Waals surface area contributed by atoms with E-state index in [1.54, 1.807) is 12.1 Å². The monoisotopic (exact) mass is 360 g/mol. The molecule has 26 heavy (non-hydrogen) atoms. The Balaban J connectivity index is 1.68. The number of amides is 1. The van der Waals surface area contributed by atoms with E-state index in [1.807, 2.05) is 6.92 Å². The zero-order chi connectivity index (χ0) is 18.7. The fraction of sp³-hybridized carbons (Fsp3) is 0.167. The molecule has 2 heterocycles. The van der Waals surface area contributed by atoms with Crippen LogP contribution in [0.3, 0.4) is 0 Å². The first kappa shape index (κ1) is 17.7. The number of hydrogen-bond donors (Lipinski definition) is 1. The second-order valence-electron chi connectivity index (χ2n) is 5.65. The summed E-state index contributed by atoms with van der Waals surface area (Å²) in [5.74, 6) is -4.11. The number of carbonyl (C=O) groups is 1. The van der Waals surface area contributed by atoms with Crippen molar-refractivity contribution in [1.82, 2.24) is 14.5 Å². The molecule has 1 N–H and O–H groups in total. The van der Waals surface area contributed by atoms with E-state index in [-0.39, 0.29) is 23.8 Å². The molecule has 1 aromatic carbocycles. The number of imidazole rings is 1. The minimum atomic E-state index is -1.50. The molecule has 0 saturated heterocycles. The topological polar surface area (TPSA) is 59.8 Å². The van der Waals surface area contributed by atoms with Gasteiger partial charge in [0, 0.05) is 24.6 Å². The van der Waals surface area contributed by atoms with Crippen LogP contribution < -0.4 is 5.32 Å². The quantitative estimate of drug-likeness (QED) is 0.708. The van der Waals surface area contributed by atoms with Crippen molar-refractivity contribution < 1.29 is 18.0 Å². The predicted octanol–water partition coefficient (Wildman–Crippen LogP) is 3.56. The van der Waals surface area contributed by atoms with Crippen molar-refractivity contribution in [1.29, 1.82) is 0 Å². The first-order valence-corrected chi connectivity index (χ1v) is 7.87. The second-order valence-corrected chi connectivity index (χ2v) is 5.65. The summed E-state index contributed by atoms with van der Waals surface area (Å²) in [4.78, 5) is 20.3. The molecule has 1 amide bonds. The number of nitrogens with one attached hydrogen (secondary N) is 1. The molecule has 3 rings (SSSR count). The lowest BCUT2D eigenvalue weighted by atomic mass is 10.2. The van der Waals surface area contributed by atoms with E-state index in [0.29, 0.717) is 5.56 Å². The molecule has 8 heteroatoms. The highest BCUT2D eigenvalue weighted by Gasteiger charge is 2.12. The lowest BCUT2D eigenvalue weighted by Crippen LogP contribution is -2.12. The van der Waals surface area contributed by atoms with Gasteiger partial charge in [0.2, 0.25) is 0 Å². The number of halogens is 3. The van der Waals surface area contributed by atoms with Gasteiger partial charge in [0.15, 0.2) is 23.3 Å². The van der Waals surface area contributed by atoms with Crippen LogP contribution in [0.15, 0.2) is 43.0 Å². The van der Waals surface area contributed by atoms with Crippen LogP contribution in [0.25, 0.3) is 0 Å². The van der Waals surface area contributed by atoms with E-state index in [1.165, 1.54) is 23.3 Å². The summed E-state index contributed by atoms with van der Waals surface area (Å²) in [6.45, 7) is 2.04. The molecule has 0 atom stereocenters. The van der Waals surface area contributed by atoms with E-state index in [4.69, 9.17) is 0 Å². The van der Waals surface area contributed by atoms with Crippen LogP contribution in [-0.2, 0) is 13.0 Å². The Morgan fingerprint density at radius 3 is 2.50 bits per heavy atom. The van der Waals surface area contributed by atoms with E-state index >= 15 is 0 Å². The van der Waals surface area contributed by atoms with E-state index in [9.17, 15) is 18.0 Å². The average Bonchev–Trinajstić information content (AvgIpc) is 3.06. The SMILES string of the molecule is CCc1ccc(C(=O)Nc2cn(Cc3cc(F)c(F)c(F)c3)cn2)cn1. The van der Waals surface area contributed by atoms with Gasteiger partial charge in [-0.1, -0.05) is 6.92 Å². The highest BCUT2D eigenvalue weighted by molar-refractivity contribution is 6.03. The molecule has 3 aromatic rings. The first-order valence-electron chi connectivity index (χ1n) is 7.87. The van der Waals surface area contributed by atoms with Gasteiger partial charge in [0.25, 0.3) is 5.91 Å². The van der Waals surface area contributed by atoms with E-state index in [0.717, 1.165) is 24.2 Å². The van der Waals surface area contributed by atoms with Gasteiger partial charge in [0.05, 0.1) is 11.9 Å². The molecule has 2 aromatic heterocycles. The summed E-state index contributed by atoms with van der Waals surface area (Å²) in [5.41, 5.74) is 1.50. The highest BCUT2D eigenvalue weighted by atomic mass is 19.2. The minimum Gasteiger partial charge on any atom is -0.331 e. The van der Waals surface area contributed by atoms with Crippen molar-refractivity contribution in [3.05, 3.63) is 77.3 Å². The predicted molar refractivity (Wildman–Crippen MR) is 89.2 cm³/mol. The fourth-order valence-corrected chi connectivity index (χ4v) is 2.38. The van der Waals surface area contributed by atoms with Gasteiger partial charge in [-0.3, -0.25) is 9.78 Å². The number of benzene rings is 1. The van der Waals surface area contributed by atoms with Crippen molar-refractivity contribution in [2.75, 3.05) is 5.32 Å². The molecule has 0 saturated carbocycles. The lowest BCUT2D eigenvalue weighted by Gasteiger charge is -2.04. The van der Waals surface area contributed by atoms with Crippen LogP contribution in [0.5, 0.6) is 0 Å². The lowest BCUT2D eigenvalue weighted by molar-refractivity contribution is 0.102. The summed E-state index contributed by atoms with van der Waals surface area (Å²) in [6.07, 6.45) is 5.16. The number of anilines is 1. The second kappa shape index (κ2) is 7.38. The van der Waals surface area contributed by atoms with Crippen LogP contribution in [0.1, 0.15) is 28.5 Å². The van der Waals surface area contributed by atoms with Crippen LogP contribution >= 0.6 is 0 Å². The maximum atomic E-state index is 13.3. The molecule has 0 aliphatic heterocycles. The normalized spacial score (nSPS) is 10.8.